The van der Waals surface area contributed by atoms with Gasteiger partial charge in [0.15, 0.2) is 0 Å². The Labute approximate surface area is 275 Å². The second-order valence-electron chi connectivity index (χ2n) is 13.1. The number of thiazole rings is 1. The molecule has 46 heavy (non-hydrogen) atoms. The lowest BCUT2D eigenvalue weighted by atomic mass is 9.83. The molecule has 3 amide bonds. The summed E-state index contributed by atoms with van der Waals surface area (Å²) in [5.41, 5.74) is -0.0988. The van der Waals surface area contributed by atoms with Gasteiger partial charge in [-0.1, -0.05) is 38.3 Å². The zero-order chi connectivity index (χ0) is 33.6. The number of rotatable bonds is 10. The van der Waals surface area contributed by atoms with Gasteiger partial charge in [0.25, 0.3) is 0 Å². The van der Waals surface area contributed by atoms with Crippen molar-refractivity contribution in [2.45, 2.75) is 110 Å². The average molecular weight is 655 g/mol. The lowest BCUT2D eigenvalue weighted by Crippen LogP contribution is -2.56. The third-order valence-corrected chi connectivity index (χ3v) is 9.46. The Hall–Kier alpha value is -3.80. The molecule has 1 aliphatic carbocycles. The number of amides is 3. The SMILES string of the molecule is CCC(=O)Oc1cccc(C(=O)c2csc([C@@H]3CCCN3C(=O)[C@@H](NC(=O)[C@H](C)N(C)C(=O)OC(C)(C)C)C3CCCCC3)n2)c1. The summed E-state index contributed by atoms with van der Waals surface area (Å²) in [6.07, 6.45) is 5.79. The van der Waals surface area contributed by atoms with Gasteiger partial charge in [-0.15, -0.1) is 11.3 Å². The van der Waals surface area contributed by atoms with Gasteiger partial charge in [0, 0.05) is 31.0 Å². The Bertz CT molecular complexity index is 1430. The van der Waals surface area contributed by atoms with Crippen molar-refractivity contribution in [3.05, 3.63) is 45.9 Å². The molecule has 1 saturated carbocycles. The molecule has 1 saturated heterocycles. The molecule has 0 radical (unpaired) electrons. The maximum absolute atomic E-state index is 14.3. The van der Waals surface area contributed by atoms with Crippen molar-refractivity contribution in [2.75, 3.05) is 13.6 Å². The van der Waals surface area contributed by atoms with E-state index in [1.165, 1.54) is 29.4 Å². The molecule has 11 nitrogen and oxygen atoms in total. The number of hydrogen-bond acceptors (Lipinski definition) is 9. The van der Waals surface area contributed by atoms with Crippen LogP contribution in [0.2, 0.25) is 0 Å². The van der Waals surface area contributed by atoms with Crippen molar-refractivity contribution in [1.29, 1.82) is 0 Å². The molecule has 1 aromatic heterocycles. The monoisotopic (exact) mass is 654 g/mol. The summed E-state index contributed by atoms with van der Waals surface area (Å²) in [6, 6.07) is 4.55. The summed E-state index contributed by atoms with van der Waals surface area (Å²) in [4.78, 5) is 73.1. The maximum Gasteiger partial charge on any atom is 0.410 e. The Morgan fingerprint density at radius 2 is 1.80 bits per heavy atom. The molecule has 2 aromatic rings. The molecule has 4 rings (SSSR count). The highest BCUT2D eigenvalue weighted by atomic mass is 32.1. The van der Waals surface area contributed by atoms with Crippen molar-refractivity contribution in [1.82, 2.24) is 20.1 Å². The molecule has 2 heterocycles. The van der Waals surface area contributed by atoms with Gasteiger partial charge in [0.1, 0.15) is 34.1 Å². The fraction of sp³-hybridized carbons (Fsp3) is 0.588. The van der Waals surface area contributed by atoms with Crippen molar-refractivity contribution in [3.8, 4) is 5.75 Å². The number of ketones is 1. The van der Waals surface area contributed by atoms with Crippen LogP contribution in [0.4, 0.5) is 4.79 Å². The number of hydrogen-bond donors (Lipinski definition) is 1. The number of nitrogens with zero attached hydrogens (tertiary/aromatic N) is 3. The number of likely N-dealkylation sites (tertiary alicyclic amines) is 1. The smallest absolute Gasteiger partial charge is 0.410 e. The van der Waals surface area contributed by atoms with E-state index in [1.807, 2.05) is 0 Å². The van der Waals surface area contributed by atoms with E-state index in [0.29, 0.717) is 29.3 Å². The van der Waals surface area contributed by atoms with Gasteiger partial charge >= 0.3 is 12.1 Å². The van der Waals surface area contributed by atoms with Crippen molar-refractivity contribution in [2.24, 2.45) is 5.92 Å². The Morgan fingerprint density at radius 3 is 2.48 bits per heavy atom. The molecule has 0 unspecified atom stereocenters. The second-order valence-corrected chi connectivity index (χ2v) is 14.0. The van der Waals surface area contributed by atoms with Crippen molar-refractivity contribution < 1.29 is 33.4 Å². The number of benzene rings is 1. The molecule has 0 spiro atoms. The zero-order valence-electron chi connectivity index (χ0n) is 27.7. The molecular weight excluding hydrogens is 608 g/mol. The molecule has 250 valence electrons. The summed E-state index contributed by atoms with van der Waals surface area (Å²) in [7, 11) is 1.52. The summed E-state index contributed by atoms with van der Waals surface area (Å²) in [6.45, 7) is 9.13. The van der Waals surface area contributed by atoms with E-state index in [4.69, 9.17) is 9.47 Å². The van der Waals surface area contributed by atoms with Crippen LogP contribution in [0.1, 0.15) is 113 Å². The first kappa shape index (κ1) is 35.1. The summed E-state index contributed by atoms with van der Waals surface area (Å²) in [5, 5.41) is 5.37. The molecule has 2 fully saturated rings. The van der Waals surface area contributed by atoms with E-state index in [0.717, 1.165) is 38.5 Å². The number of nitrogens with one attached hydrogen (secondary N) is 1. The normalized spacial score (nSPS) is 18.4. The van der Waals surface area contributed by atoms with Crippen molar-refractivity contribution >= 4 is 41.0 Å². The van der Waals surface area contributed by atoms with Crippen LogP contribution >= 0.6 is 11.3 Å². The Morgan fingerprint density at radius 1 is 1.09 bits per heavy atom. The number of likely N-dealkylation sites (N-methyl/N-ethyl adjacent to an activating group) is 1. The molecule has 2 aliphatic rings. The van der Waals surface area contributed by atoms with Gasteiger partial charge in [-0.3, -0.25) is 24.1 Å². The van der Waals surface area contributed by atoms with Gasteiger partial charge in [0.2, 0.25) is 17.6 Å². The summed E-state index contributed by atoms with van der Waals surface area (Å²) < 4.78 is 10.7. The Balaban J connectivity index is 1.50. The summed E-state index contributed by atoms with van der Waals surface area (Å²) in [5.74, 6) is -0.997. The van der Waals surface area contributed by atoms with Gasteiger partial charge in [0.05, 0.1) is 6.04 Å². The maximum atomic E-state index is 14.3. The molecule has 1 N–H and O–H groups in total. The minimum Gasteiger partial charge on any atom is -0.444 e. The fourth-order valence-corrected chi connectivity index (χ4v) is 6.80. The van der Waals surface area contributed by atoms with Gasteiger partial charge in [-0.2, -0.15) is 0 Å². The van der Waals surface area contributed by atoms with E-state index in [9.17, 15) is 24.0 Å². The van der Waals surface area contributed by atoms with Crippen LogP contribution in [-0.4, -0.2) is 75.7 Å². The molecule has 1 aliphatic heterocycles. The highest BCUT2D eigenvalue weighted by Gasteiger charge is 2.41. The Kier molecular flexibility index (Phi) is 11.6. The van der Waals surface area contributed by atoms with Gasteiger partial charge < -0.3 is 19.7 Å². The van der Waals surface area contributed by atoms with Crippen LogP contribution in [0.25, 0.3) is 0 Å². The third-order valence-electron chi connectivity index (χ3n) is 8.52. The average Bonchev–Trinajstić information content (AvgIpc) is 3.72. The first-order valence-corrected chi connectivity index (χ1v) is 17.0. The van der Waals surface area contributed by atoms with Crippen LogP contribution < -0.4 is 10.1 Å². The fourth-order valence-electron chi connectivity index (χ4n) is 5.85. The number of ether oxygens (including phenoxy) is 2. The molecule has 12 heteroatoms. The molecule has 0 bridgehead atoms. The largest absolute Gasteiger partial charge is 0.444 e. The lowest BCUT2D eigenvalue weighted by Gasteiger charge is -2.36. The van der Waals surface area contributed by atoms with Crippen LogP contribution in [0.5, 0.6) is 5.75 Å². The highest BCUT2D eigenvalue weighted by Crippen LogP contribution is 2.36. The minimum atomic E-state index is -0.848. The van der Waals surface area contributed by atoms with E-state index in [2.05, 4.69) is 10.3 Å². The highest BCUT2D eigenvalue weighted by molar-refractivity contribution is 7.10. The molecular formula is C34H46N4O7S. The van der Waals surface area contributed by atoms with Crippen LogP contribution in [0.15, 0.2) is 29.6 Å². The quantitative estimate of drug-likeness (QED) is 0.197. The van der Waals surface area contributed by atoms with E-state index in [1.54, 1.807) is 63.1 Å². The van der Waals surface area contributed by atoms with Crippen LogP contribution in [0.3, 0.4) is 0 Å². The standard InChI is InChI=1S/C34H46N4O7S/c1-7-27(39)44-24-16-11-15-23(19-24)29(40)25-20-46-31(35-25)26-17-12-18-38(26)32(42)28(22-13-9-8-10-14-22)36-30(41)21(2)37(6)33(43)45-34(3,4)5/h11,15-16,19-22,26,28H,7-10,12-14,17-18H2,1-6H3,(H,36,41)/t21-,26-,28-/m0/s1. The van der Waals surface area contributed by atoms with E-state index < -0.39 is 35.7 Å². The second kappa shape index (κ2) is 15.2. The zero-order valence-corrected chi connectivity index (χ0v) is 28.5. The van der Waals surface area contributed by atoms with Gasteiger partial charge in [-0.05, 0) is 71.4 Å². The van der Waals surface area contributed by atoms with E-state index in [-0.39, 0.29) is 35.8 Å². The van der Waals surface area contributed by atoms with Crippen molar-refractivity contribution in [3.63, 3.8) is 0 Å². The van der Waals surface area contributed by atoms with E-state index >= 15 is 0 Å². The molecule has 3 atom stereocenters. The van der Waals surface area contributed by atoms with Gasteiger partial charge in [-0.25, -0.2) is 9.78 Å². The topological polar surface area (TPSA) is 135 Å². The number of carbonyl (C=O) groups excluding carboxylic acids is 5. The first-order valence-electron chi connectivity index (χ1n) is 16.2. The number of aromatic nitrogens is 1. The van der Waals surface area contributed by atoms with Crippen LogP contribution in [0, 0.1) is 5.92 Å². The minimum absolute atomic E-state index is 0.0204. The first-order chi connectivity index (χ1) is 21.8. The van der Waals surface area contributed by atoms with Crippen LogP contribution in [-0.2, 0) is 19.1 Å². The predicted octanol–water partition coefficient (Wildman–Crippen LogP) is 5.67. The third kappa shape index (κ3) is 8.71. The predicted molar refractivity (Wildman–Crippen MR) is 174 cm³/mol. The lowest BCUT2D eigenvalue weighted by molar-refractivity contribution is -0.140. The molecule has 1 aromatic carbocycles. The number of carbonyl (C=O) groups is 5. The summed E-state index contributed by atoms with van der Waals surface area (Å²) >= 11 is 1.33. The number of esters is 1.